The highest BCUT2D eigenvalue weighted by atomic mass is 32.1. The Morgan fingerprint density at radius 1 is 1.17 bits per heavy atom. The van der Waals surface area contributed by atoms with Gasteiger partial charge in [-0.05, 0) is 34.2 Å². The molecule has 1 atom stereocenters. The van der Waals surface area contributed by atoms with Crippen LogP contribution in [0, 0.1) is 0 Å². The van der Waals surface area contributed by atoms with Gasteiger partial charge in [-0.1, -0.05) is 42.5 Å². The maximum atomic E-state index is 11.8. The standard InChI is InChI=1S/C18H17NO4S/c20-17(21)16(10-24)19-18(22)23-9-12-5-3-7-14-13-6-2-1-4-11(13)8-15(12)14/h1-7,16,24H,8-10H2,(H,19,22)(H,20,21)/t16-/m0/s1. The monoisotopic (exact) mass is 343 g/mol. The molecule has 0 bridgehead atoms. The average Bonchev–Trinajstić information content (AvgIpc) is 2.96. The Bertz CT molecular complexity index is 790. The summed E-state index contributed by atoms with van der Waals surface area (Å²) in [6.45, 7) is 0.0991. The van der Waals surface area contributed by atoms with Gasteiger partial charge in [0.15, 0.2) is 0 Å². The lowest BCUT2D eigenvalue weighted by atomic mass is 10.0. The van der Waals surface area contributed by atoms with Crippen LogP contribution in [0.25, 0.3) is 11.1 Å². The summed E-state index contributed by atoms with van der Waals surface area (Å²) in [7, 11) is 0. The first-order valence-electron chi connectivity index (χ1n) is 7.56. The van der Waals surface area contributed by atoms with Crippen LogP contribution in [-0.2, 0) is 22.6 Å². The number of hydrogen-bond donors (Lipinski definition) is 3. The molecule has 2 aromatic carbocycles. The number of nitrogens with one attached hydrogen (secondary N) is 1. The first-order chi connectivity index (χ1) is 11.6. The molecule has 24 heavy (non-hydrogen) atoms. The number of alkyl carbamates (subject to hydrolysis) is 1. The van der Waals surface area contributed by atoms with Gasteiger partial charge in [0.25, 0.3) is 0 Å². The van der Waals surface area contributed by atoms with Crippen LogP contribution in [0.1, 0.15) is 16.7 Å². The predicted octanol–water partition coefficient (Wildman–Crippen LogP) is 2.87. The van der Waals surface area contributed by atoms with Crippen molar-refractivity contribution in [3.63, 3.8) is 0 Å². The van der Waals surface area contributed by atoms with Crippen molar-refractivity contribution in [2.45, 2.75) is 19.1 Å². The van der Waals surface area contributed by atoms with E-state index >= 15 is 0 Å². The molecule has 0 aromatic heterocycles. The molecule has 2 N–H and O–H groups in total. The fourth-order valence-corrected chi connectivity index (χ4v) is 3.12. The maximum Gasteiger partial charge on any atom is 0.408 e. The van der Waals surface area contributed by atoms with Crippen LogP contribution in [0.15, 0.2) is 42.5 Å². The van der Waals surface area contributed by atoms with Gasteiger partial charge in [-0.3, -0.25) is 0 Å². The molecule has 0 radical (unpaired) electrons. The van der Waals surface area contributed by atoms with Crippen molar-refractivity contribution < 1.29 is 19.4 Å². The molecule has 0 aliphatic heterocycles. The number of carbonyl (C=O) groups excluding carboxylic acids is 1. The number of carbonyl (C=O) groups is 2. The Morgan fingerprint density at radius 2 is 1.92 bits per heavy atom. The molecule has 124 valence electrons. The number of aliphatic carboxylic acids is 1. The number of hydrogen-bond acceptors (Lipinski definition) is 4. The fraction of sp³-hybridized carbons (Fsp3) is 0.222. The minimum Gasteiger partial charge on any atom is -0.480 e. The first kappa shape index (κ1) is 16.4. The molecule has 0 heterocycles. The van der Waals surface area contributed by atoms with E-state index in [0.717, 1.165) is 23.1 Å². The van der Waals surface area contributed by atoms with Crippen molar-refractivity contribution in [3.05, 3.63) is 59.2 Å². The number of rotatable bonds is 5. The zero-order valence-electron chi connectivity index (χ0n) is 12.9. The third-order valence-electron chi connectivity index (χ3n) is 4.08. The zero-order valence-corrected chi connectivity index (χ0v) is 13.8. The van der Waals surface area contributed by atoms with E-state index in [0.29, 0.717) is 0 Å². The van der Waals surface area contributed by atoms with Crippen LogP contribution in [0.2, 0.25) is 0 Å². The molecule has 0 saturated carbocycles. The van der Waals surface area contributed by atoms with E-state index in [9.17, 15) is 9.59 Å². The Labute approximate surface area is 145 Å². The Hall–Kier alpha value is -2.47. The third kappa shape index (κ3) is 3.23. The minimum atomic E-state index is -1.14. The summed E-state index contributed by atoms with van der Waals surface area (Å²) in [5.74, 6) is -1.14. The van der Waals surface area contributed by atoms with Gasteiger partial charge < -0.3 is 15.2 Å². The second kappa shape index (κ2) is 6.97. The molecule has 0 saturated heterocycles. The molecule has 3 rings (SSSR count). The molecule has 6 heteroatoms. The Balaban J connectivity index is 1.70. The molecule has 0 unspecified atom stereocenters. The first-order valence-corrected chi connectivity index (χ1v) is 8.19. The van der Waals surface area contributed by atoms with E-state index in [2.05, 4.69) is 36.1 Å². The summed E-state index contributed by atoms with van der Waals surface area (Å²) < 4.78 is 5.19. The quantitative estimate of drug-likeness (QED) is 0.623. The van der Waals surface area contributed by atoms with Crippen molar-refractivity contribution >= 4 is 24.7 Å². The molecular weight excluding hydrogens is 326 g/mol. The highest BCUT2D eigenvalue weighted by molar-refractivity contribution is 7.80. The number of thiol groups is 1. The molecular formula is C18H17NO4S. The maximum absolute atomic E-state index is 11.8. The summed E-state index contributed by atoms with van der Waals surface area (Å²) in [6.07, 6.45) is 0.0469. The summed E-state index contributed by atoms with van der Waals surface area (Å²) in [5, 5.41) is 11.2. The topological polar surface area (TPSA) is 75.6 Å². The van der Waals surface area contributed by atoms with E-state index in [4.69, 9.17) is 9.84 Å². The lowest BCUT2D eigenvalue weighted by Crippen LogP contribution is -2.42. The van der Waals surface area contributed by atoms with Crippen molar-refractivity contribution in [3.8, 4) is 11.1 Å². The number of ether oxygens (including phenoxy) is 1. The highest BCUT2D eigenvalue weighted by Gasteiger charge is 2.22. The highest BCUT2D eigenvalue weighted by Crippen LogP contribution is 2.38. The van der Waals surface area contributed by atoms with Gasteiger partial charge >= 0.3 is 12.1 Å². The van der Waals surface area contributed by atoms with E-state index in [1.165, 1.54) is 11.1 Å². The Morgan fingerprint density at radius 3 is 2.67 bits per heavy atom. The fourth-order valence-electron chi connectivity index (χ4n) is 2.87. The van der Waals surface area contributed by atoms with Gasteiger partial charge in [-0.25, -0.2) is 9.59 Å². The lowest BCUT2D eigenvalue weighted by molar-refractivity contribution is -0.138. The van der Waals surface area contributed by atoms with Crippen molar-refractivity contribution in [1.29, 1.82) is 0 Å². The second-order valence-corrected chi connectivity index (χ2v) is 5.94. The van der Waals surface area contributed by atoms with Crippen molar-refractivity contribution in [2.24, 2.45) is 0 Å². The lowest BCUT2D eigenvalue weighted by Gasteiger charge is -2.13. The van der Waals surface area contributed by atoms with Crippen LogP contribution in [0.5, 0.6) is 0 Å². The molecule has 2 aromatic rings. The molecule has 0 spiro atoms. The summed E-state index contributed by atoms with van der Waals surface area (Å²) in [6, 6.07) is 13.1. The van der Waals surface area contributed by atoms with Crippen molar-refractivity contribution in [2.75, 3.05) is 5.75 Å². The number of benzene rings is 2. The third-order valence-corrected chi connectivity index (χ3v) is 4.44. The van der Waals surface area contributed by atoms with Gasteiger partial charge in [-0.2, -0.15) is 12.6 Å². The number of fused-ring (bicyclic) bond motifs is 3. The molecule has 0 fully saturated rings. The van der Waals surface area contributed by atoms with E-state index < -0.39 is 18.1 Å². The summed E-state index contributed by atoms with van der Waals surface area (Å²) in [4.78, 5) is 22.7. The van der Waals surface area contributed by atoms with Crippen LogP contribution in [0.4, 0.5) is 4.79 Å². The predicted molar refractivity (Wildman–Crippen MR) is 93.3 cm³/mol. The SMILES string of the molecule is O=C(N[C@@H](CS)C(=O)O)OCc1cccc2c1Cc1ccccc1-2. The van der Waals surface area contributed by atoms with Gasteiger partial charge in [0.1, 0.15) is 12.6 Å². The average molecular weight is 343 g/mol. The van der Waals surface area contributed by atoms with Gasteiger partial charge in [0.2, 0.25) is 0 Å². The van der Waals surface area contributed by atoms with Gasteiger partial charge in [-0.15, -0.1) is 0 Å². The van der Waals surface area contributed by atoms with Crippen molar-refractivity contribution in [1.82, 2.24) is 5.32 Å². The summed E-state index contributed by atoms with van der Waals surface area (Å²) in [5.41, 5.74) is 5.70. The van der Waals surface area contributed by atoms with Crippen LogP contribution >= 0.6 is 12.6 Å². The number of carboxylic acids is 1. The van der Waals surface area contributed by atoms with Crippen LogP contribution < -0.4 is 5.32 Å². The molecule has 1 aliphatic carbocycles. The number of carboxylic acid groups (broad SMARTS) is 1. The smallest absolute Gasteiger partial charge is 0.408 e. The zero-order chi connectivity index (χ0) is 17.1. The number of amides is 1. The van der Waals surface area contributed by atoms with Crippen LogP contribution in [0.3, 0.4) is 0 Å². The van der Waals surface area contributed by atoms with E-state index in [1.807, 2.05) is 24.3 Å². The summed E-state index contributed by atoms with van der Waals surface area (Å²) >= 11 is 3.90. The van der Waals surface area contributed by atoms with Gasteiger partial charge in [0, 0.05) is 5.75 Å². The minimum absolute atomic E-state index is 0.000474. The second-order valence-electron chi connectivity index (χ2n) is 5.57. The Kier molecular flexibility index (Phi) is 4.76. The normalized spacial score (nSPS) is 12.9. The molecule has 1 aliphatic rings. The van der Waals surface area contributed by atoms with E-state index in [1.54, 1.807) is 0 Å². The molecule has 1 amide bonds. The van der Waals surface area contributed by atoms with Gasteiger partial charge in [0.05, 0.1) is 0 Å². The largest absolute Gasteiger partial charge is 0.480 e. The van der Waals surface area contributed by atoms with Crippen LogP contribution in [-0.4, -0.2) is 29.0 Å². The molecule has 5 nitrogen and oxygen atoms in total. The van der Waals surface area contributed by atoms with E-state index in [-0.39, 0.29) is 12.4 Å².